The van der Waals surface area contributed by atoms with E-state index in [2.05, 4.69) is 30.8 Å². The van der Waals surface area contributed by atoms with Gasteiger partial charge in [-0.15, -0.1) is 11.3 Å². The molecule has 2 unspecified atom stereocenters. The van der Waals surface area contributed by atoms with Crippen molar-refractivity contribution in [1.29, 1.82) is 0 Å². The van der Waals surface area contributed by atoms with Crippen molar-refractivity contribution < 1.29 is 23.1 Å². The van der Waals surface area contributed by atoms with Gasteiger partial charge in [0.25, 0.3) is 0 Å². The predicted molar refractivity (Wildman–Crippen MR) is 149 cm³/mol. The largest absolute Gasteiger partial charge is 0.494 e. The summed E-state index contributed by atoms with van der Waals surface area (Å²) in [5.74, 6) is -0.279. The minimum atomic E-state index is -1.37. The van der Waals surface area contributed by atoms with Crippen LogP contribution in [-0.4, -0.2) is 54.1 Å². The van der Waals surface area contributed by atoms with Crippen LogP contribution in [-0.2, 0) is 36.9 Å². The van der Waals surface area contributed by atoms with Gasteiger partial charge in [0.1, 0.15) is 11.0 Å². The molecule has 1 aliphatic rings. The van der Waals surface area contributed by atoms with Crippen molar-refractivity contribution in [3.05, 3.63) is 51.7 Å². The van der Waals surface area contributed by atoms with Gasteiger partial charge in [0, 0.05) is 11.1 Å². The second kappa shape index (κ2) is 12.1. The number of carbonyl (C=O) groups excluding carboxylic acids is 2. The average molecular weight is 535 g/mol. The molecule has 198 valence electrons. The van der Waals surface area contributed by atoms with E-state index in [1.807, 2.05) is 64.1 Å². The average Bonchev–Trinajstić information content (AvgIpc) is 3.34. The summed E-state index contributed by atoms with van der Waals surface area (Å²) in [6, 6.07) is 11.3. The topological polar surface area (TPSA) is 93.7 Å². The van der Waals surface area contributed by atoms with Gasteiger partial charge >= 0.3 is 7.12 Å². The fraction of sp³-hybridized carbons (Fsp3) is 0.538. The van der Waals surface area contributed by atoms with Crippen molar-refractivity contribution in [2.75, 3.05) is 13.3 Å². The zero-order valence-electron chi connectivity index (χ0n) is 22.8. The number of amides is 1. The summed E-state index contributed by atoms with van der Waals surface area (Å²) in [6.07, 6.45) is 2.84. The monoisotopic (exact) mass is 534 g/mol. The molecule has 1 aromatic heterocycles. The third kappa shape index (κ3) is 8.08. The number of likely N-dealkylation sites (N-methyl/N-ethyl adjacent to an activating group) is 1. The third-order valence-corrected chi connectivity index (χ3v) is 8.26. The van der Waals surface area contributed by atoms with Gasteiger partial charge in [-0.2, -0.15) is 0 Å². The van der Waals surface area contributed by atoms with Gasteiger partial charge in [0.15, 0.2) is 6.29 Å². The fourth-order valence-electron chi connectivity index (χ4n) is 3.38. The first-order valence-electron chi connectivity index (χ1n) is 11.9. The first-order valence-corrected chi connectivity index (χ1v) is 14.3. The molecule has 2 atom stereocenters. The summed E-state index contributed by atoms with van der Waals surface area (Å²) < 4.78 is 25.6. The summed E-state index contributed by atoms with van der Waals surface area (Å²) in [5.41, 5.74) is 1.37. The van der Waals surface area contributed by atoms with E-state index in [0.29, 0.717) is 6.42 Å². The van der Waals surface area contributed by atoms with E-state index in [1.54, 1.807) is 18.4 Å². The van der Waals surface area contributed by atoms with Crippen molar-refractivity contribution in [2.24, 2.45) is 0 Å². The second-order valence-corrected chi connectivity index (χ2v) is 13.1. The maximum absolute atomic E-state index is 12.0. The summed E-state index contributed by atoms with van der Waals surface area (Å²) in [5, 5.41) is 2.95. The lowest BCUT2D eigenvalue weighted by atomic mass is 9.78. The molecule has 2 heterocycles. The van der Waals surface area contributed by atoms with Crippen LogP contribution < -0.4 is 15.5 Å². The van der Waals surface area contributed by atoms with Gasteiger partial charge < -0.3 is 14.6 Å². The van der Waals surface area contributed by atoms with E-state index in [9.17, 15) is 13.8 Å². The van der Waals surface area contributed by atoms with E-state index in [4.69, 9.17) is 9.31 Å². The number of carbonyl (C=O) groups is 2. The minimum Gasteiger partial charge on any atom is -0.399 e. The highest BCUT2D eigenvalue weighted by Gasteiger charge is 2.51. The molecular weight excluding hydrogens is 495 g/mol. The SMILES string of the molecule is CC(C)(C)c1ccc(C=O)s1.CNC(Cc1ccc(B2OC(C)(C)C(C)(C)O2)cc1)C(=O)NS(C)=O. The molecule has 1 saturated heterocycles. The van der Waals surface area contributed by atoms with E-state index in [0.717, 1.165) is 22.2 Å². The van der Waals surface area contributed by atoms with Crippen LogP contribution in [0.1, 0.15) is 68.6 Å². The Bertz CT molecular complexity index is 1050. The van der Waals surface area contributed by atoms with Gasteiger partial charge in [0.2, 0.25) is 5.91 Å². The molecule has 1 aliphatic heterocycles. The van der Waals surface area contributed by atoms with Gasteiger partial charge in [-0.05, 0) is 69.7 Å². The van der Waals surface area contributed by atoms with Gasteiger partial charge in [-0.1, -0.05) is 45.0 Å². The smallest absolute Gasteiger partial charge is 0.399 e. The van der Waals surface area contributed by atoms with Crippen molar-refractivity contribution in [2.45, 2.75) is 77.5 Å². The van der Waals surface area contributed by atoms with Crippen LogP contribution >= 0.6 is 11.3 Å². The zero-order valence-corrected chi connectivity index (χ0v) is 24.4. The van der Waals surface area contributed by atoms with Crippen molar-refractivity contribution in [3.8, 4) is 0 Å². The Labute approximate surface area is 222 Å². The highest BCUT2D eigenvalue weighted by Crippen LogP contribution is 2.36. The van der Waals surface area contributed by atoms with Gasteiger partial charge in [-0.3, -0.25) is 14.3 Å². The maximum atomic E-state index is 12.0. The molecule has 1 aromatic carbocycles. The molecule has 0 bridgehead atoms. The molecule has 3 rings (SSSR count). The Morgan fingerprint density at radius 3 is 2.03 bits per heavy atom. The number of nitrogens with one attached hydrogen (secondary N) is 2. The maximum Gasteiger partial charge on any atom is 0.494 e. The zero-order chi connectivity index (χ0) is 27.3. The normalized spacial score (nSPS) is 18.1. The Kier molecular flexibility index (Phi) is 10.2. The fourth-order valence-corrected chi connectivity index (χ4v) is 4.69. The van der Waals surface area contributed by atoms with E-state index >= 15 is 0 Å². The lowest BCUT2D eigenvalue weighted by molar-refractivity contribution is -0.121. The molecule has 2 N–H and O–H groups in total. The standard InChI is InChI=1S/C17H27BN2O4S.C9H12OS/c1-16(2)17(3,4)24-18(23-16)13-9-7-12(8-10-13)11-14(19-5)15(21)20-25(6)22;1-9(2,3)8-5-4-7(6-10)11-8/h7-10,14,19H,11H2,1-6H3,(H,20,21);4-6H,1-3H3. The quantitative estimate of drug-likeness (QED) is 0.418. The molecule has 2 aromatic rings. The van der Waals surface area contributed by atoms with Crippen LogP contribution in [0.5, 0.6) is 0 Å². The predicted octanol–water partition coefficient (Wildman–Crippen LogP) is 3.38. The summed E-state index contributed by atoms with van der Waals surface area (Å²) in [4.78, 5) is 24.4. The lowest BCUT2D eigenvalue weighted by Crippen LogP contribution is -2.44. The van der Waals surface area contributed by atoms with Crippen LogP contribution in [0.4, 0.5) is 0 Å². The van der Waals surface area contributed by atoms with E-state index in [1.165, 1.54) is 11.1 Å². The second-order valence-electron chi connectivity index (χ2n) is 10.9. The number of rotatable bonds is 7. The van der Waals surface area contributed by atoms with Crippen LogP contribution in [0.25, 0.3) is 0 Å². The highest BCUT2D eigenvalue weighted by molar-refractivity contribution is 7.82. The number of hydrogen-bond acceptors (Lipinski definition) is 7. The summed E-state index contributed by atoms with van der Waals surface area (Å²) in [7, 11) is -0.0571. The first kappa shape index (κ1) is 30.4. The number of aldehydes is 1. The highest BCUT2D eigenvalue weighted by atomic mass is 32.2. The van der Waals surface area contributed by atoms with Crippen LogP contribution in [0.2, 0.25) is 0 Å². The molecule has 0 radical (unpaired) electrons. The molecule has 10 heteroatoms. The molecule has 1 amide bonds. The Balaban J connectivity index is 0.000000346. The van der Waals surface area contributed by atoms with Crippen molar-refractivity contribution >= 4 is 47.1 Å². The van der Waals surface area contributed by atoms with E-state index < -0.39 is 24.1 Å². The lowest BCUT2D eigenvalue weighted by Gasteiger charge is -2.32. The van der Waals surface area contributed by atoms with Gasteiger partial charge in [-0.25, -0.2) is 4.21 Å². The van der Waals surface area contributed by atoms with E-state index in [-0.39, 0.29) is 22.5 Å². The number of thiophene rings is 1. The third-order valence-electron chi connectivity index (χ3n) is 6.34. The number of hydrogen-bond donors (Lipinski definition) is 2. The molecule has 0 aliphatic carbocycles. The summed E-state index contributed by atoms with van der Waals surface area (Å²) >= 11 is 1.57. The Hall–Kier alpha value is -1.85. The molecule has 36 heavy (non-hydrogen) atoms. The molecule has 1 fully saturated rings. The Morgan fingerprint density at radius 2 is 1.64 bits per heavy atom. The molecule has 7 nitrogen and oxygen atoms in total. The first-order chi connectivity index (χ1) is 16.6. The number of benzene rings is 1. The van der Waals surface area contributed by atoms with Crippen molar-refractivity contribution in [3.63, 3.8) is 0 Å². The Morgan fingerprint density at radius 1 is 1.08 bits per heavy atom. The molecule has 0 saturated carbocycles. The van der Waals surface area contributed by atoms with Crippen LogP contribution in [0, 0.1) is 0 Å². The molecule has 0 spiro atoms. The van der Waals surface area contributed by atoms with Crippen LogP contribution in [0.15, 0.2) is 36.4 Å². The van der Waals surface area contributed by atoms with Gasteiger partial charge in [0.05, 0.1) is 22.1 Å². The van der Waals surface area contributed by atoms with Crippen LogP contribution in [0.3, 0.4) is 0 Å². The summed E-state index contributed by atoms with van der Waals surface area (Å²) in [6.45, 7) is 14.5. The molecular formula is C26H39BN2O5S2. The minimum absolute atomic E-state index is 0.173. The van der Waals surface area contributed by atoms with Crippen molar-refractivity contribution in [1.82, 2.24) is 10.0 Å².